The number of Topliss-reactive ketones (excluding diaryl/α,β-unsaturated/α-hetero) is 1. The molecule has 0 spiro atoms. The first kappa shape index (κ1) is 26.8. The Hall–Kier alpha value is -5.38. The first-order chi connectivity index (χ1) is 20.0. The Bertz CT molecular complexity index is 2000. The average Bonchev–Trinajstić information content (AvgIpc) is 3.69. The molecule has 0 amide bonds. The van der Waals surface area contributed by atoms with Crippen LogP contribution in [0, 0.1) is 5.92 Å². The Kier molecular flexibility index (Phi) is 6.14. The number of rotatable bonds is 5. The van der Waals surface area contributed by atoms with Gasteiger partial charge in [-0.3, -0.25) is 14.4 Å². The van der Waals surface area contributed by atoms with Gasteiger partial charge in [0.15, 0.2) is 5.78 Å². The van der Waals surface area contributed by atoms with Crippen LogP contribution in [0.5, 0.6) is 0 Å². The number of aliphatic carboxylic acids is 2. The second-order valence-electron chi connectivity index (χ2n) is 10.5. The van der Waals surface area contributed by atoms with Gasteiger partial charge in [0.25, 0.3) is 0 Å². The smallest absolute Gasteiger partial charge is 0.319 e. The summed E-state index contributed by atoms with van der Waals surface area (Å²) in [6.07, 6.45) is 7.87. The average molecular weight is 563 g/mol. The summed E-state index contributed by atoms with van der Waals surface area (Å²) in [5.74, 6) is -4.46. The van der Waals surface area contributed by atoms with Gasteiger partial charge >= 0.3 is 11.9 Å². The maximum absolute atomic E-state index is 13.6. The number of carboxylic acid groups (broad SMARTS) is 2. The number of fused-ring (bicyclic) bond motifs is 5. The molecule has 0 aromatic carbocycles. The molecule has 0 saturated heterocycles. The summed E-state index contributed by atoms with van der Waals surface area (Å²) in [5, 5.41) is 30.7. The molecule has 1 saturated carbocycles. The number of H-pyrrole nitrogens is 1. The molecule has 5 aliphatic rings. The predicted octanol–water partition coefficient (Wildman–Crippen LogP) is 3.23. The van der Waals surface area contributed by atoms with Gasteiger partial charge in [0.05, 0.1) is 45.8 Å². The second-order valence-corrected chi connectivity index (χ2v) is 10.5. The number of hydrogen-bond acceptors (Lipinski definition) is 7. The van der Waals surface area contributed by atoms with Crippen molar-refractivity contribution < 1.29 is 29.7 Å². The number of hydrogen-bond donors (Lipinski definition) is 4. The van der Waals surface area contributed by atoms with Crippen molar-refractivity contribution in [1.29, 1.82) is 0 Å². The van der Waals surface area contributed by atoms with Crippen LogP contribution in [-0.4, -0.2) is 55.2 Å². The molecule has 8 bridgehead atoms. The molecule has 1 aromatic rings. The van der Waals surface area contributed by atoms with Crippen LogP contribution in [-0.2, 0) is 14.4 Å². The van der Waals surface area contributed by atoms with E-state index in [4.69, 9.17) is 15.0 Å². The summed E-state index contributed by atoms with van der Waals surface area (Å²) >= 11 is 0. The molecule has 0 radical (unpaired) electrons. The highest BCUT2D eigenvalue weighted by Gasteiger charge is 2.50. The van der Waals surface area contributed by atoms with E-state index >= 15 is 0 Å². The quantitative estimate of drug-likeness (QED) is 0.402. The number of carboxylic acids is 2. The molecular formula is C32H26N4O6. The number of carbonyl (C=O) groups excluding carboxylic acids is 1. The molecule has 1 fully saturated rings. The highest BCUT2D eigenvalue weighted by molar-refractivity contribution is 6.43. The van der Waals surface area contributed by atoms with Crippen LogP contribution in [0.1, 0.15) is 39.3 Å². The van der Waals surface area contributed by atoms with E-state index in [1.54, 1.807) is 44.2 Å². The summed E-state index contributed by atoms with van der Waals surface area (Å²) in [5.41, 5.74) is 6.97. The molecule has 5 heterocycles. The summed E-state index contributed by atoms with van der Waals surface area (Å²) in [6, 6.07) is 1.73. The van der Waals surface area contributed by atoms with Crippen LogP contribution in [0.15, 0.2) is 95.9 Å². The van der Waals surface area contributed by atoms with Crippen molar-refractivity contribution in [1.82, 2.24) is 4.98 Å². The van der Waals surface area contributed by atoms with Gasteiger partial charge < -0.3 is 20.3 Å². The molecule has 10 heteroatoms. The molecule has 210 valence electrons. The zero-order valence-corrected chi connectivity index (χ0v) is 23.1. The number of ketones is 1. The molecule has 4 aliphatic heterocycles. The summed E-state index contributed by atoms with van der Waals surface area (Å²) in [7, 11) is 0. The number of aromatic nitrogens is 1. The minimum Gasteiger partial charge on any atom is -0.515 e. The van der Waals surface area contributed by atoms with Crippen molar-refractivity contribution in [2.24, 2.45) is 20.9 Å². The van der Waals surface area contributed by atoms with E-state index in [2.05, 4.69) is 11.6 Å². The van der Waals surface area contributed by atoms with Crippen molar-refractivity contribution in [2.45, 2.75) is 33.6 Å². The zero-order chi connectivity index (χ0) is 30.0. The SMILES string of the molecule is C=CC1=C(C)C2=CC3=NC(=C4C5=NC(=Cc6c/c(=C/O)c([nH]6)=CC1=N2)C(C)=C5C(=O)[C@H]4C(=O)O)C(CCC(=O)O)=C3C. The fourth-order valence-electron chi connectivity index (χ4n) is 5.94. The lowest BCUT2D eigenvalue weighted by Crippen LogP contribution is -2.23. The van der Waals surface area contributed by atoms with Crippen molar-refractivity contribution in [3.8, 4) is 0 Å². The first-order valence-electron chi connectivity index (χ1n) is 13.3. The van der Waals surface area contributed by atoms with Crippen LogP contribution >= 0.6 is 0 Å². The first-order valence-corrected chi connectivity index (χ1v) is 13.3. The molecule has 4 N–H and O–H groups in total. The molecule has 10 nitrogen and oxygen atoms in total. The zero-order valence-electron chi connectivity index (χ0n) is 23.1. The minimum atomic E-state index is -1.53. The van der Waals surface area contributed by atoms with Gasteiger partial charge in [-0.15, -0.1) is 0 Å². The summed E-state index contributed by atoms with van der Waals surface area (Å²) in [6.45, 7) is 9.36. The van der Waals surface area contributed by atoms with E-state index in [1.165, 1.54) is 0 Å². The van der Waals surface area contributed by atoms with E-state index in [0.29, 0.717) is 55.8 Å². The van der Waals surface area contributed by atoms with Crippen LogP contribution < -0.4 is 10.6 Å². The fourth-order valence-corrected chi connectivity index (χ4v) is 5.94. The van der Waals surface area contributed by atoms with Gasteiger partial charge in [-0.1, -0.05) is 12.7 Å². The lowest BCUT2D eigenvalue weighted by Gasteiger charge is -2.11. The normalized spacial score (nSPS) is 21.5. The number of carbonyl (C=O) groups is 3. The molecule has 42 heavy (non-hydrogen) atoms. The summed E-state index contributed by atoms with van der Waals surface area (Å²) < 4.78 is 0. The third-order valence-electron chi connectivity index (χ3n) is 8.12. The lowest BCUT2D eigenvalue weighted by atomic mass is 9.92. The Morgan fingerprint density at radius 2 is 1.74 bits per heavy atom. The Balaban J connectivity index is 1.73. The molecule has 0 unspecified atom stereocenters. The lowest BCUT2D eigenvalue weighted by molar-refractivity contribution is -0.143. The number of aliphatic hydroxyl groups excluding tert-OH is 1. The molecular weight excluding hydrogens is 536 g/mol. The number of aromatic amines is 1. The van der Waals surface area contributed by atoms with Crippen molar-refractivity contribution in [3.05, 3.63) is 97.2 Å². The van der Waals surface area contributed by atoms with Gasteiger partial charge in [-0.05, 0) is 73.8 Å². The summed E-state index contributed by atoms with van der Waals surface area (Å²) in [4.78, 5) is 55.3. The molecule has 6 rings (SSSR count). The van der Waals surface area contributed by atoms with Crippen LogP contribution in [0.4, 0.5) is 0 Å². The third-order valence-corrected chi connectivity index (χ3v) is 8.12. The predicted molar refractivity (Wildman–Crippen MR) is 158 cm³/mol. The van der Waals surface area contributed by atoms with Gasteiger partial charge in [0.1, 0.15) is 5.92 Å². The standard InChI is InChI=1S/C32H26N4O6/c1-5-18-13(2)21-10-22-14(3)19(6-7-25(38)39)29(35-22)27-28(32(41)42)31(40)26-15(4)20(36-30(26)27)9-17-8-16(12-37)23(33-17)11-24(18)34-21/h5,8-12,28,33,37H,1,6-7H2,2-4H3,(H,38,39)(H,41,42)/b16-12-,20-9?,21-10?,23-11?,29-27?/t28-/m0/s1. The van der Waals surface area contributed by atoms with Gasteiger partial charge in [-0.25, -0.2) is 15.0 Å². The number of aliphatic hydroxyl groups is 1. The van der Waals surface area contributed by atoms with Crippen LogP contribution in [0.3, 0.4) is 0 Å². The molecule has 1 aliphatic carbocycles. The topological polar surface area (TPSA) is 165 Å². The Morgan fingerprint density at radius 3 is 2.40 bits per heavy atom. The largest absolute Gasteiger partial charge is 0.515 e. The van der Waals surface area contributed by atoms with Crippen molar-refractivity contribution in [2.75, 3.05) is 0 Å². The van der Waals surface area contributed by atoms with E-state index in [1.807, 2.05) is 6.92 Å². The van der Waals surface area contributed by atoms with Gasteiger partial charge in [0.2, 0.25) is 0 Å². The Morgan fingerprint density at radius 1 is 1.00 bits per heavy atom. The maximum Gasteiger partial charge on any atom is 0.319 e. The minimum absolute atomic E-state index is 0.0884. The highest BCUT2D eigenvalue weighted by Crippen LogP contribution is 2.45. The fraction of sp³-hybridized carbons (Fsp3) is 0.188. The number of nitrogens with zero attached hydrogens (tertiary/aromatic N) is 3. The van der Waals surface area contributed by atoms with E-state index < -0.39 is 23.6 Å². The Labute approximate surface area is 239 Å². The molecule has 1 atom stereocenters. The van der Waals surface area contributed by atoms with Crippen molar-refractivity contribution in [3.63, 3.8) is 0 Å². The third kappa shape index (κ3) is 3.94. The number of nitrogens with one attached hydrogen (secondary N) is 1. The van der Waals surface area contributed by atoms with E-state index in [0.717, 1.165) is 17.4 Å². The van der Waals surface area contributed by atoms with Crippen molar-refractivity contribution >= 4 is 53.3 Å². The second kappa shape index (κ2) is 9.62. The van der Waals surface area contributed by atoms with Crippen LogP contribution in [0.25, 0.3) is 18.4 Å². The monoisotopic (exact) mass is 562 g/mol. The van der Waals surface area contributed by atoms with Crippen LogP contribution in [0.2, 0.25) is 0 Å². The van der Waals surface area contributed by atoms with Gasteiger partial charge in [0, 0.05) is 34.1 Å². The van der Waals surface area contributed by atoms with E-state index in [-0.39, 0.29) is 35.4 Å². The number of allylic oxidation sites excluding steroid dienone is 8. The van der Waals surface area contributed by atoms with Gasteiger partial charge in [-0.2, -0.15) is 0 Å². The maximum atomic E-state index is 13.6. The van der Waals surface area contributed by atoms with E-state index in [9.17, 15) is 29.7 Å². The molecule has 1 aromatic heterocycles. The highest BCUT2D eigenvalue weighted by atomic mass is 16.4. The number of aliphatic imine (C=N–C) groups is 3.